The second-order valence-electron chi connectivity index (χ2n) is 14.0. The predicted octanol–water partition coefficient (Wildman–Crippen LogP) is 7.22. The molecule has 2 fully saturated rings. The van der Waals surface area contributed by atoms with Crippen molar-refractivity contribution in [1.82, 2.24) is 0 Å². The smallest absolute Gasteiger partial charge is 0.178 e. The monoisotopic (exact) mass is 483 g/mol. The van der Waals surface area contributed by atoms with Crippen molar-refractivity contribution in [3.63, 3.8) is 0 Å². The van der Waals surface area contributed by atoms with Gasteiger partial charge in [-0.1, -0.05) is 73.1 Å². The molecule has 3 atom stereocenters. The fourth-order valence-corrected chi connectivity index (χ4v) is 7.77. The Morgan fingerprint density at radius 2 is 1.66 bits per heavy atom. The van der Waals surface area contributed by atoms with Crippen LogP contribution in [0.15, 0.2) is 23.3 Å². The standard InChI is InChI=1S/C30H47NO2.CH2O/c1-26(2,3)16-17-28(6)13-9-22(10-14-28)29(7)15-11-23-27(4,5)25(33)21(20-31)19-30(23,8)24(29)12-18-32;1-2/h12,19,22-23,32H,9-11,13-18H2,1-8H3;1H2/b24-12+;. The molecule has 0 amide bonds. The summed E-state index contributed by atoms with van der Waals surface area (Å²) in [5, 5.41) is 19.8. The number of nitrogens with zero attached hydrogens (tertiary/aromatic N) is 1. The molecule has 0 bridgehead atoms. The van der Waals surface area contributed by atoms with Crippen LogP contribution in [-0.4, -0.2) is 24.3 Å². The number of fused-ring (bicyclic) bond motifs is 1. The maximum Gasteiger partial charge on any atom is 0.178 e. The predicted molar refractivity (Wildman–Crippen MR) is 142 cm³/mol. The number of hydrogen-bond donors (Lipinski definition) is 1. The minimum absolute atomic E-state index is 0.00707. The van der Waals surface area contributed by atoms with E-state index >= 15 is 0 Å². The molecule has 0 spiro atoms. The zero-order chi connectivity index (χ0) is 26.9. The van der Waals surface area contributed by atoms with Crippen LogP contribution < -0.4 is 0 Å². The van der Waals surface area contributed by atoms with Crippen LogP contribution in [0.1, 0.15) is 107 Å². The number of carbonyl (C=O) groups excluding carboxylic acids is 2. The summed E-state index contributed by atoms with van der Waals surface area (Å²) in [5.41, 5.74) is 1.43. The van der Waals surface area contributed by atoms with Gasteiger partial charge in [-0.15, -0.1) is 0 Å². The van der Waals surface area contributed by atoms with Crippen LogP contribution in [0, 0.1) is 50.2 Å². The lowest BCUT2D eigenvalue weighted by molar-refractivity contribution is -0.131. The van der Waals surface area contributed by atoms with Crippen molar-refractivity contribution in [3.8, 4) is 6.07 Å². The molecular weight excluding hydrogens is 434 g/mol. The van der Waals surface area contributed by atoms with Crippen molar-refractivity contribution in [2.45, 2.75) is 107 Å². The summed E-state index contributed by atoms with van der Waals surface area (Å²) in [7, 11) is 0. The Labute approximate surface area is 214 Å². The molecule has 1 N–H and O–H groups in total. The van der Waals surface area contributed by atoms with Crippen LogP contribution >= 0.6 is 0 Å². The molecule has 3 aliphatic carbocycles. The number of aliphatic hydroxyl groups is 1. The van der Waals surface area contributed by atoms with E-state index in [1.807, 2.05) is 32.8 Å². The summed E-state index contributed by atoms with van der Waals surface area (Å²) in [5.74, 6) is 0.711. The van der Waals surface area contributed by atoms with Crippen molar-refractivity contribution in [2.24, 2.45) is 38.9 Å². The van der Waals surface area contributed by atoms with Gasteiger partial charge in [0.05, 0.1) is 12.2 Å². The maximum absolute atomic E-state index is 13.0. The van der Waals surface area contributed by atoms with E-state index in [9.17, 15) is 15.2 Å². The molecule has 0 radical (unpaired) electrons. The van der Waals surface area contributed by atoms with Gasteiger partial charge >= 0.3 is 0 Å². The molecular formula is C31H49NO3. The lowest BCUT2D eigenvalue weighted by Crippen LogP contribution is -2.54. The second kappa shape index (κ2) is 10.3. The highest BCUT2D eigenvalue weighted by Crippen LogP contribution is 2.65. The zero-order valence-electron chi connectivity index (χ0n) is 23.6. The minimum atomic E-state index is -0.567. The molecule has 35 heavy (non-hydrogen) atoms. The lowest BCUT2D eigenvalue weighted by Gasteiger charge is -2.60. The average molecular weight is 484 g/mol. The van der Waals surface area contributed by atoms with Crippen LogP contribution in [0.4, 0.5) is 0 Å². The Kier molecular flexibility index (Phi) is 8.71. The number of rotatable bonds is 4. The third kappa shape index (κ3) is 5.51. The Morgan fingerprint density at radius 1 is 1.09 bits per heavy atom. The maximum atomic E-state index is 13.0. The highest BCUT2D eigenvalue weighted by Gasteiger charge is 2.59. The summed E-state index contributed by atoms with van der Waals surface area (Å²) in [6, 6.07) is 2.20. The Balaban J connectivity index is 0.00000210. The lowest BCUT2D eigenvalue weighted by atomic mass is 9.43. The summed E-state index contributed by atoms with van der Waals surface area (Å²) in [6.45, 7) is 20.2. The first kappa shape index (κ1) is 29.5. The van der Waals surface area contributed by atoms with Gasteiger partial charge < -0.3 is 9.90 Å². The molecule has 0 aromatic carbocycles. The molecule has 0 aromatic rings. The third-order valence-electron chi connectivity index (χ3n) is 10.0. The molecule has 0 saturated heterocycles. The highest BCUT2D eigenvalue weighted by atomic mass is 16.2. The van der Waals surface area contributed by atoms with Crippen molar-refractivity contribution in [3.05, 3.63) is 23.3 Å². The molecule has 3 unspecified atom stereocenters. The SMILES string of the molecule is C=O.CC(C)(C)CCC1(C)CCC(C2(C)CCC3C(C)(C)C(=O)C(C#N)=CC3(C)/C2=C/CO)CC1. The van der Waals surface area contributed by atoms with E-state index in [4.69, 9.17) is 4.79 Å². The van der Waals surface area contributed by atoms with Gasteiger partial charge in [-0.25, -0.2) is 0 Å². The Hall–Kier alpha value is -1.73. The van der Waals surface area contributed by atoms with E-state index in [0.717, 1.165) is 12.8 Å². The van der Waals surface area contributed by atoms with E-state index in [1.54, 1.807) is 0 Å². The molecule has 2 saturated carbocycles. The number of carbonyl (C=O) groups is 2. The average Bonchev–Trinajstić information content (AvgIpc) is 2.79. The molecule has 4 nitrogen and oxygen atoms in total. The van der Waals surface area contributed by atoms with Crippen LogP contribution in [0.5, 0.6) is 0 Å². The van der Waals surface area contributed by atoms with Gasteiger partial charge in [0.2, 0.25) is 0 Å². The van der Waals surface area contributed by atoms with Gasteiger partial charge in [-0.05, 0) is 79.4 Å². The quantitative estimate of drug-likeness (QED) is 0.428. The summed E-state index contributed by atoms with van der Waals surface area (Å²) >= 11 is 0. The number of aliphatic hydroxyl groups excluding tert-OH is 1. The Morgan fingerprint density at radius 3 is 2.14 bits per heavy atom. The highest BCUT2D eigenvalue weighted by molar-refractivity contribution is 6.04. The van der Waals surface area contributed by atoms with Gasteiger partial charge in [-0.3, -0.25) is 4.79 Å². The fourth-order valence-electron chi connectivity index (χ4n) is 7.77. The summed E-state index contributed by atoms with van der Waals surface area (Å²) in [4.78, 5) is 21.0. The van der Waals surface area contributed by atoms with Crippen LogP contribution in [0.25, 0.3) is 0 Å². The first-order chi connectivity index (χ1) is 16.1. The van der Waals surface area contributed by atoms with Gasteiger partial charge in [0.1, 0.15) is 12.9 Å². The van der Waals surface area contributed by atoms with Gasteiger partial charge in [-0.2, -0.15) is 5.26 Å². The number of allylic oxidation sites excluding steroid dienone is 3. The van der Waals surface area contributed by atoms with Gasteiger partial charge in [0.25, 0.3) is 0 Å². The number of nitriles is 1. The normalized spacial score (nSPS) is 38.0. The first-order valence-corrected chi connectivity index (χ1v) is 13.4. The van der Waals surface area contributed by atoms with Crippen LogP contribution in [0.3, 0.4) is 0 Å². The van der Waals surface area contributed by atoms with Gasteiger partial charge in [0.15, 0.2) is 5.78 Å². The molecule has 196 valence electrons. The van der Waals surface area contributed by atoms with Crippen LogP contribution in [0.2, 0.25) is 0 Å². The van der Waals surface area contributed by atoms with Gasteiger partial charge in [0, 0.05) is 10.8 Å². The fraction of sp³-hybridized carbons (Fsp3) is 0.774. The largest absolute Gasteiger partial charge is 0.392 e. The van der Waals surface area contributed by atoms with E-state index in [0.29, 0.717) is 22.3 Å². The van der Waals surface area contributed by atoms with Crippen molar-refractivity contribution in [1.29, 1.82) is 5.26 Å². The van der Waals surface area contributed by atoms with E-state index < -0.39 is 5.41 Å². The molecule has 0 aromatic heterocycles. The topological polar surface area (TPSA) is 78.2 Å². The van der Waals surface area contributed by atoms with Crippen LogP contribution in [-0.2, 0) is 9.59 Å². The molecule has 0 heterocycles. The molecule has 0 aliphatic heterocycles. The van der Waals surface area contributed by atoms with Crippen molar-refractivity contribution < 1.29 is 14.7 Å². The van der Waals surface area contributed by atoms with E-state index in [1.165, 1.54) is 44.1 Å². The molecule has 4 heteroatoms. The second-order valence-corrected chi connectivity index (χ2v) is 14.0. The Bertz CT molecular complexity index is 891. The van der Waals surface area contributed by atoms with Crippen molar-refractivity contribution in [2.75, 3.05) is 6.61 Å². The first-order valence-electron chi connectivity index (χ1n) is 13.4. The minimum Gasteiger partial charge on any atom is -0.392 e. The van der Waals surface area contributed by atoms with E-state index in [2.05, 4.69) is 47.6 Å². The molecule has 3 rings (SSSR count). The number of hydrogen-bond acceptors (Lipinski definition) is 4. The van der Waals surface area contributed by atoms with E-state index in [-0.39, 0.29) is 29.1 Å². The molecule has 3 aliphatic rings. The number of Topliss-reactive ketones (excluding diaryl/α,β-unsaturated/α-hetero) is 1. The third-order valence-corrected chi connectivity index (χ3v) is 10.0. The van der Waals surface area contributed by atoms with Crippen molar-refractivity contribution >= 4 is 12.6 Å². The summed E-state index contributed by atoms with van der Waals surface area (Å²) < 4.78 is 0. The zero-order valence-corrected chi connectivity index (χ0v) is 23.6. The number of ketones is 1. The summed E-state index contributed by atoms with van der Waals surface area (Å²) in [6.07, 6.45) is 13.6.